The van der Waals surface area contributed by atoms with Crippen molar-refractivity contribution >= 4 is 106 Å². The minimum absolute atomic E-state index is 0.0439. The number of nitrogens with zero attached hydrogens (tertiary/aromatic N) is 6. The van der Waals surface area contributed by atoms with E-state index in [9.17, 15) is 56.7 Å². The lowest BCUT2D eigenvalue weighted by Crippen LogP contribution is -2.60. The molecule has 2 aliphatic heterocycles. The fourth-order valence-corrected chi connectivity index (χ4v) is 14.6. The molecule has 132 heavy (non-hydrogen) atoms. The van der Waals surface area contributed by atoms with Gasteiger partial charge < -0.3 is 79.3 Å². The Morgan fingerprint density at radius 2 is 1.07 bits per heavy atom. The molecule has 36 heteroatoms. The number of aromatic carboxylic acids is 1. The molecule has 10 N–H and O–H groups in total. The quantitative estimate of drug-likeness (QED) is 0.0112. The topological polar surface area (TPSA) is 478 Å². The average Bonchev–Trinajstić information content (AvgIpc) is 1.57. The second-order valence-electron chi connectivity index (χ2n) is 33.9. The number of carboxylic acid groups (broad SMARTS) is 1. The molecule has 5 heterocycles. The van der Waals surface area contributed by atoms with Crippen LogP contribution in [0, 0.1) is 16.7 Å². The van der Waals surface area contributed by atoms with Gasteiger partial charge in [-0.25, -0.2) is 42.5 Å². The SMILES string of the molecule is C=CC1CC1(NC(=O)C1C[C@@H](Oc2nc(-c3ccccc3)nc3ccc(OC)cc23)CN1C(=O)[C@@H](NC(=O)OC(C)(C)C)C(C)(C)C)C(=O)NS(=O)(=O)C(C)C.COC(=O)[C@@H]1C[C@@H](O)CN1C(=O)OC(C)(C)C.COc1ccc(Br)c(C(=O)O)c1.COc1ccc2nc(-c3ccccc3)[nH]c(=O)c2c1.COc1ccc2nc(-c3ccccc3)[nH]c(=O)c2c1.N=C(N)c1ccccc1. The Balaban J connectivity index is 0.000000208. The lowest BCUT2D eigenvalue weighted by atomic mass is 9.85. The minimum atomic E-state index is -4.04. The first kappa shape index (κ1) is 102. The number of fused-ring (bicyclic) bond motifs is 3. The summed E-state index contributed by atoms with van der Waals surface area (Å²) in [4.78, 5) is 140. The second kappa shape index (κ2) is 44.5. The second-order valence-corrected chi connectivity index (χ2v) is 37.0. The van der Waals surface area contributed by atoms with Gasteiger partial charge in [0.2, 0.25) is 27.7 Å². The summed E-state index contributed by atoms with van der Waals surface area (Å²) >= 11 is 3.12. The molecule has 3 aliphatic rings. The number of aromatic nitrogens is 6. The highest BCUT2D eigenvalue weighted by Crippen LogP contribution is 2.46. The number of aliphatic hydroxyl groups is 1. The molecule has 1 saturated carbocycles. The Hall–Kier alpha value is -14.1. The number of hydrogen-bond acceptors (Lipinski definition) is 25. The number of nitrogens with two attached hydrogens (primary N) is 1. The van der Waals surface area contributed by atoms with Crippen molar-refractivity contribution in [2.45, 2.75) is 148 Å². The summed E-state index contributed by atoms with van der Waals surface area (Å²) in [5.41, 5.74) is 6.28. The summed E-state index contributed by atoms with van der Waals surface area (Å²) in [6, 6.07) is 55.2. The third kappa shape index (κ3) is 27.2. The van der Waals surface area contributed by atoms with Crippen LogP contribution < -0.4 is 55.9 Å². The molecule has 3 aromatic heterocycles. The van der Waals surface area contributed by atoms with Gasteiger partial charge in [-0.2, -0.15) is 4.98 Å². The number of carbonyl (C=O) groups excluding carboxylic acids is 6. The summed E-state index contributed by atoms with van der Waals surface area (Å²) in [6.07, 6.45) is -1.23. The Morgan fingerprint density at radius 3 is 1.50 bits per heavy atom. The van der Waals surface area contributed by atoms with E-state index in [2.05, 4.69) is 62.5 Å². The van der Waals surface area contributed by atoms with Crippen LogP contribution in [0.2, 0.25) is 0 Å². The number of carbonyl (C=O) groups is 7. The normalized spacial score (nSPS) is 16.8. The number of methoxy groups -OCH3 is 5. The zero-order chi connectivity index (χ0) is 96.9. The fraction of sp³-hybridized carbons (Fsp3) is 0.333. The van der Waals surface area contributed by atoms with Gasteiger partial charge in [-0.1, -0.05) is 148 Å². The van der Waals surface area contributed by atoms with Gasteiger partial charge >= 0.3 is 24.1 Å². The van der Waals surface area contributed by atoms with E-state index in [1.807, 2.05) is 121 Å². The van der Waals surface area contributed by atoms with E-state index in [1.165, 1.54) is 57.1 Å². The first-order valence-corrected chi connectivity index (χ1v) is 44.0. The molecular weight excluding hydrogens is 1780 g/mol. The van der Waals surface area contributed by atoms with Crippen LogP contribution in [0.15, 0.2) is 221 Å². The van der Waals surface area contributed by atoms with Crippen molar-refractivity contribution in [3.63, 3.8) is 0 Å². The fourth-order valence-electron chi connectivity index (χ4n) is 13.5. The van der Waals surface area contributed by atoms with Crippen LogP contribution in [0.3, 0.4) is 0 Å². The average molecular weight is 1890 g/mol. The summed E-state index contributed by atoms with van der Waals surface area (Å²) in [6.45, 7) is 22.2. The number of halogens is 1. The summed E-state index contributed by atoms with van der Waals surface area (Å²) < 4.78 is 70.4. The first-order valence-electron chi connectivity index (χ1n) is 41.7. The van der Waals surface area contributed by atoms with Crippen LogP contribution in [0.5, 0.6) is 28.9 Å². The first-order chi connectivity index (χ1) is 62.3. The molecule has 5 amide bonds. The van der Waals surface area contributed by atoms with Gasteiger partial charge in [0.25, 0.3) is 17.0 Å². The van der Waals surface area contributed by atoms with Crippen molar-refractivity contribution < 1.29 is 90.1 Å². The van der Waals surface area contributed by atoms with E-state index in [0.29, 0.717) is 77.7 Å². The maximum absolute atomic E-state index is 14.6. The molecular formula is C96H110BrN13O21S. The Labute approximate surface area is 772 Å². The number of esters is 1. The molecule has 0 bridgehead atoms. The predicted molar refractivity (Wildman–Crippen MR) is 503 cm³/mol. The van der Waals surface area contributed by atoms with E-state index >= 15 is 0 Å². The Kier molecular flexibility index (Phi) is 34.2. The molecule has 11 aromatic rings. The third-order valence-corrected chi connectivity index (χ3v) is 22.9. The van der Waals surface area contributed by atoms with E-state index in [0.717, 1.165) is 22.3 Å². The number of alkyl carbamates (subject to hydrolysis) is 1. The number of nitrogens with one attached hydrogen (secondary N) is 6. The lowest BCUT2D eigenvalue weighted by molar-refractivity contribution is -0.145. The van der Waals surface area contributed by atoms with Crippen LogP contribution in [-0.2, 0) is 43.4 Å². The number of sulfonamides is 1. The number of rotatable bonds is 20. The van der Waals surface area contributed by atoms with Crippen molar-refractivity contribution in [3.05, 3.63) is 243 Å². The largest absolute Gasteiger partial charge is 0.497 e. The molecule has 3 fully saturated rings. The van der Waals surface area contributed by atoms with Gasteiger partial charge in [-0.15, -0.1) is 6.58 Å². The molecule has 0 spiro atoms. The van der Waals surface area contributed by atoms with Crippen molar-refractivity contribution in [1.29, 1.82) is 5.41 Å². The van der Waals surface area contributed by atoms with E-state index < -0.39 is 116 Å². The highest BCUT2D eigenvalue weighted by molar-refractivity contribution is 9.10. The third-order valence-electron chi connectivity index (χ3n) is 20.5. The van der Waals surface area contributed by atoms with Gasteiger partial charge in [0.1, 0.15) is 81.5 Å². The van der Waals surface area contributed by atoms with Crippen LogP contribution in [0.25, 0.3) is 66.9 Å². The molecule has 1 aliphatic carbocycles. The van der Waals surface area contributed by atoms with Crippen LogP contribution in [0.4, 0.5) is 9.59 Å². The number of amides is 5. The number of nitrogen functional groups attached to an aromatic ring is 1. The molecule has 8 aromatic carbocycles. The Bertz CT molecular complexity index is 6080. The zero-order valence-electron chi connectivity index (χ0n) is 76.0. The monoisotopic (exact) mass is 1890 g/mol. The number of benzene rings is 8. The predicted octanol–water partition coefficient (Wildman–Crippen LogP) is 13.4. The van der Waals surface area contributed by atoms with Gasteiger partial charge in [0.05, 0.1) is 98.3 Å². The van der Waals surface area contributed by atoms with Crippen molar-refractivity contribution in [3.8, 4) is 63.0 Å². The smallest absolute Gasteiger partial charge is 0.411 e. The van der Waals surface area contributed by atoms with Crippen LogP contribution >= 0.6 is 15.9 Å². The van der Waals surface area contributed by atoms with Crippen molar-refractivity contribution in [2.24, 2.45) is 17.1 Å². The summed E-state index contributed by atoms with van der Waals surface area (Å²) in [5, 5.41) is 31.4. The molecule has 3 unspecified atom stereocenters. The molecule has 34 nitrogen and oxygen atoms in total. The van der Waals surface area contributed by atoms with Crippen molar-refractivity contribution in [1.82, 2.24) is 55.1 Å². The van der Waals surface area contributed by atoms with E-state index in [-0.39, 0.29) is 60.7 Å². The zero-order valence-corrected chi connectivity index (χ0v) is 78.4. The van der Waals surface area contributed by atoms with Crippen LogP contribution in [0.1, 0.15) is 111 Å². The number of likely N-dealkylation sites (tertiary alicyclic amines) is 2. The molecule has 2 saturated heterocycles. The van der Waals surface area contributed by atoms with Gasteiger partial charge in [0, 0.05) is 45.5 Å². The number of carboxylic acids is 1. The molecule has 7 atom stereocenters. The number of hydrogen-bond donors (Lipinski definition) is 9. The Morgan fingerprint density at radius 1 is 0.606 bits per heavy atom. The molecule has 14 rings (SSSR count). The lowest BCUT2D eigenvalue weighted by Gasteiger charge is -2.36. The highest BCUT2D eigenvalue weighted by atomic mass is 79.9. The number of aromatic amines is 2. The maximum Gasteiger partial charge on any atom is 0.411 e. The summed E-state index contributed by atoms with van der Waals surface area (Å²) in [5.74, 6) is -0.0745. The molecule has 698 valence electrons. The number of amidine groups is 1. The van der Waals surface area contributed by atoms with Gasteiger partial charge in [-0.05, 0) is 156 Å². The number of H-pyrrole nitrogens is 2. The minimum Gasteiger partial charge on any atom is -0.497 e. The number of aliphatic hydroxyl groups excluding tert-OH is 1. The van der Waals surface area contributed by atoms with E-state index in [4.69, 9.17) is 59.4 Å². The van der Waals surface area contributed by atoms with Gasteiger partial charge in [0.15, 0.2) is 5.82 Å². The standard InChI is InChI=1S/C40H52N6O9S.2C15H12N2O2.C11H19NO5.C8H7BrO3.C7H8N2/c1-11-25-21-40(25,36(49)45-56(51,52)23(2)3)44-33(47)30-20-27(22-46(30)35(48)31(38(4,5)6)42-37(50)55-39(7,8)9)54-34-28-19-26(53-10)17-18-29(28)41-32(43-34)24-15-13-12-14-16-24;2*1-19-11-7-8-13-12(9-11)15(18)17-14(16-13)10-5-3-2-4-6-10;1-11(2,3)17-10(15)12-6-7(13)5-8(12)9(14)16-4;1-12-5-2-3-7(9)6(4-5)8(10)11;8-7(9)6-4-2-1-3-5-6/h11-19,23,25,27,30-31H,1,20-22H2,2-10H3,(H,42,50)(H,44,47)(H,45,49);2*2-9H,1H3,(H,16,17,18);7-8,13H,5-6H2,1-4H3;2-4H,1H3,(H,10,11);1-5H,(H3,8,9)/t25?,27-,30?,31-,40?;;;7-,8+;;/m1..1../s1. The number of β-amino-alcohol motifs (C(OH)–C–C–N with tert-alkyl or cyclic N) is 1. The van der Waals surface area contributed by atoms with Crippen LogP contribution in [-0.4, -0.2) is 207 Å². The highest BCUT2D eigenvalue weighted by Gasteiger charge is 2.62. The van der Waals surface area contributed by atoms with Gasteiger partial charge in [-0.3, -0.25) is 39.0 Å². The summed E-state index contributed by atoms with van der Waals surface area (Å²) in [7, 11) is 3.38. The molecule has 0 radical (unpaired) electrons. The number of ether oxygens (including phenoxy) is 8. The maximum atomic E-state index is 14.6. The van der Waals surface area contributed by atoms with E-state index in [1.54, 1.807) is 143 Å². The van der Waals surface area contributed by atoms with Crippen molar-refractivity contribution in [2.75, 3.05) is 48.6 Å².